The topological polar surface area (TPSA) is 89.2 Å². The molecule has 1 unspecified atom stereocenters. The van der Waals surface area contributed by atoms with Crippen LogP contribution in [0.3, 0.4) is 0 Å². The molecule has 7 nitrogen and oxygen atoms in total. The molecule has 0 saturated heterocycles. The first kappa shape index (κ1) is 15.5. The number of rotatable bonds is 6. The number of hydrogen-bond donors (Lipinski definition) is 2. The third-order valence-corrected chi connectivity index (χ3v) is 3.97. The van der Waals surface area contributed by atoms with Crippen LogP contribution < -0.4 is 20.9 Å². The highest BCUT2D eigenvalue weighted by Gasteiger charge is 2.18. The van der Waals surface area contributed by atoms with Gasteiger partial charge in [0.1, 0.15) is 0 Å². The van der Waals surface area contributed by atoms with Crippen LogP contribution in [-0.4, -0.2) is 28.1 Å². The predicted octanol–water partition coefficient (Wildman–Crippen LogP) is 2.20. The molecule has 0 aromatic carbocycles. The van der Waals surface area contributed by atoms with Gasteiger partial charge in [-0.25, -0.2) is 5.84 Å². The molecule has 21 heavy (non-hydrogen) atoms. The standard InChI is InChI=1S/C13H20N6OS/c1-8(2)20-13-16-11(18-14)15-12(17-13)19(4)9(3)10-6-5-7-21-10/h5-9H,14H2,1-4H3,(H,15,16,17,18). The van der Waals surface area contributed by atoms with Crippen molar-refractivity contribution in [3.63, 3.8) is 0 Å². The van der Waals surface area contributed by atoms with Crippen LogP contribution in [0.25, 0.3) is 0 Å². The molecule has 0 radical (unpaired) electrons. The van der Waals surface area contributed by atoms with Gasteiger partial charge in [-0.15, -0.1) is 11.3 Å². The van der Waals surface area contributed by atoms with Crippen LogP contribution >= 0.6 is 11.3 Å². The molecule has 2 aromatic heterocycles. The fourth-order valence-electron chi connectivity index (χ4n) is 1.72. The van der Waals surface area contributed by atoms with Crippen molar-refractivity contribution in [1.82, 2.24) is 15.0 Å². The van der Waals surface area contributed by atoms with Crippen molar-refractivity contribution >= 4 is 23.2 Å². The molecule has 2 heterocycles. The van der Waals surface area contributed by atoms with Gasteiger partial charge in [0, 0.05) is 11.9 Å². The molecule has 2 rings (SSSR count). The van der Waals surface area contributed by atoms with Crippen LogP contribution in [0.1, 0.15) is 31.7 Å². The predicted molar refractivity (Wildman–Crippen MR) is 84.5 cm³/mol. The summed E-state index contributed by atoms with van der Waals surface area (Å²) >= 11 is 1.69. The molecule has 0 aliphatic heterocycles. The minimum Gasteiger partial charge on any atom is -0.461 e. The van der Waals surface area contributed by atoms with Crippen molar-refractivity contribution in [2.75, 3.05) is 17.4 Å². The quantitative estimate of drug-likeness (QED) is 0.624. The molecule has 114 valence electrons. The Labute approximate surface area is 128 Å². The van der Waals surface area contributed by atoms with Crippen molar-refractivity contribution < 1.29 is 4.74 Å². The molecule has 8 heteroatoms. The van der Waals surface area contributed by atoms with Crippen LogP contribution in [0, 0.1) is 0 Å². The highest BCUT2D eigenvalue weighted by atomic mass is 32.1. The number of nitrogens with zero attached hydrogens (tertiary/aromatic N) is 4. The van der Waals surface area contributed by atoms with Crippen molar-refractivity contribution in [3.8, 4) is 6.01 Å². The molecule has 3 N–H and O–H groups in total. The Balaban J connectivity index is 2.28. The second-order valence-electron chi connectivity index (χ2n) is 4.85. The van der Waals surface area contributed by atoms with Gasteiger partial charge < -0.3 is 9.64 Å². The summed E-state index contributed by atoms with van der Waals surface area (Å²) in [7, 11) is 1.93. The number of thiophene rings is 1. The Morgan fingerprint density at radius 1 is 1.29 bits per heavy atom. The third-order valence-electron chi connectivity index (χ3n) is 2.92. The van der Waals surface area contributed by atoms with Crippen molar-refractivity contribution in [2.45, 2.75) is 32.9 Å². The fourth-order valence-corrected chi connectivity index (χ4v) is 2.55. The molecule has 0 aliphatic carbocycles. The summed E-state index contributed by atoms with van der Waals surface area (Å²) in [5.74, 6) is 6.20. The highest BCUT2D eigenvalue weighted by Crippen LogP contribution is 2.27. The van der Waals surface area contributed by atoms with Crippen molar-refractivity contribution in [2.24, 2.45) is 5.84 Å². The molecule has 0 fully saturated rings. The second-order valence-corrected chi connectivity index (χ2v) is 5.83. The largest absolute Gasteiger partial charge is 0.461 e. The van der Waals surface area contributed by atoms with Gasteiger partial charge in [0.05, 0.1) is 12.1 Å². The van der Waals surface area contributed by atoms with E-state index < -0.39 is 0 Å². The Hall–Kier alpha value is -1.93. The maximum absolute atomic E-state index is 5.54. The lowest BCUT2D eigenvalue weighted by Crippen LogP contribution is -2.25. The number of hydrazine groups is 1. The van der Waals surface area contributed by atoms with Gasteiger partial charge in [-0.2, -0.15) is 15.0 Å². The van der Waals surface area contributed by atoms with Gasteiger partial charge in [0.2, 0.25) is 11.9 Å². The zero-order valence-corrected chi connectivity index (χ0v) is 13.4. The van der Waals surface area contributed by atoms with E-state index in [0.29, 0.717) is 5.95 Å². The number of nitrogens with one attached hydrogen (secondary N) is 1. The van der Waals surface area contributed by atoms with E-state index in [1.165, 1.54) is 4.88 Å². The molecule has 0 bridgehead atoms. The zero-order chi connectivity index (χ0) is 15.4. The Morgan fingerprint density at radius 3 is 2.62 bits per heavy atom. The summed E-state index contributed by atoms with van der Waals surface area (Å²) in [5.41, 5.74) is 2.44. The number of ether oxygens (including phenoxy) is 1. The SMILES string of the molecule is CC(C)Oc1nc(NN)nc(N(C)C(C)c2cccs2)n1. The Morgan fingerprint density at radius 2 is 2.05 bits per heavy atom. The molecule has 2 aromatic rings. The van der Waals surface area contributed by atoms with E-state index in [-0.39, 0.29) is 24.1 Å². The van der Waals surface area contributed by atoms with Crippen LogP contribution in [-0.2, 0) is 0 Å². The first-order valence-electron chi connectivity index (χ1n) is 6.67. The minimum atomic E-state index is -0.0223. The number of nitrogen functional groups attached to an aromatic ring is 1. The summed E-state index contributed by atoms with van der Waals surface area (Å²) < 4.78 is 5.54. The van der Waals surface area contributed by atoms with Gasteiger partial charge in [0.15, 0.2) is 0 Å². The van der Waals surface area contributed by atoms with Crippen LogP contribution in [0.5, 0.6) is 6.01 Å². The van der Waals surface area contributed by atoms with E-state index in [1.807, 2.05) is 37.2 Å². The number of hydrogen-bond acceptors (Lipinski definition) is 8. The summed E-state index contributed by atoms with van der Waals surface area (Å²) in [5, 5.41) is 2.05. The molecule has 0 aliphatic rings. The lowest BCUT2D eigenvalue weighted by Gasteiger charge is -2.24. The average Bonchev–Trinajstić information content (AvgIpc) is 2.98. The second kappa shape index (κ2) is 6.68. The van der Waals surface area contributed by atoms with E-state index in [4.69, 9.17) is 10.6 Å². The monoisotopic (exact) mass is 308 g/mol. The lowest BCUT2D eigenvalue weighted by atomic mass is 10.2. The van der Waals surface area contributed by atoms with Crippen molar-refractivity contribution in [1.29, 1.82) is 0 Å². The van der Waals surface area contributed by atoms with Gasteiger partial charge in [-0.3, -0.25) is 5.43 Å². The zero-order valence-electron chi connectivity index (χ0n) is 12.6. The van der Waals surface area contributed by atoms with Crippen LogP contribution in [0.15, 0.2) is 17.5 Å². The first-order valence-corrected chi connectivity index (χ1v) is 7.54. The number of aromatic nitrogens is 3. The summed E-state index contributed by atoms with van der Waals surface area (Å²) in [6.07, 6.45) is -0.0223. The van der Waals surface area contributed by atoms with Gasteiger partial charge in [-0.1, -0.05) is 6.07 Å². The first-order chi connectivity index (χ1) is 10.0. The normalized spacial score (nSPS) is 12.3. The molecular weight excluding hydrogens is 288 g/mol. The maximum atomic E-state index is 5.54. The lowest BCUT2D eigenvalue weighted by molar-refractivity contribution is 0.222. The number of anilines is 2. The molecule has 1 atom stereocenters. The summed E-state index contributed by atoms with van der Waals surface area (Å²) in [4.78, 5) is 15.9. The molecule has 0 amide bonds. The van der Waals surface area contributed by atoms with Gasteiger partial charge >= 0.3 is 6.01 Å². The van der Waals surface area contributed by atoms with Crippen LogP contribution in [0.2, 0.25) is 0 Å². The van der Waals surface area contributed by atoms with Crippen LogP contribution in [0.4, 0.5) is 11.9 Å². The third kappa shape index (κ3) is 3.79. The van der Waals surface area contributed by atoms with E-state index >= 15 is 0 Å². The Kier molecular flexibility index (Phi) is 4.92. The van der Waals surface area contributed by atoms with Crippen molar-refractivity contribution in [3.05, 3.63) is 22.4 Å². The summed E-state index contributed by atoms with van der Waals surface area (Å²) in [6, 6.07) is 4.51. The van der Waals surface area contributed by atoms with E-state index in [2.05, 4.69) is 33.4 Å². The summed E-state index contributed by atoms with van der Waals surface area (Å²) in [6.45, 7) is 5.92. The number of nitrogens with two attached hydrogens (primary N) is 1. The van der Waals surface area contributed by atoms with E-state index in [0.717, 1.165) is 0 Å². The van der Waals surface area contributed by atoms with E-state index in [9.17, 15) is 0 Å². The Bertz CT molecular complexity index is 574. The molecule has 0 spiro atoms. The smallest absolute Gasteiger partial charge is 0.323 e. The highest BCUT2D eigenvalue weighted by molar-refractivity contribution is 7.10. The maximum Gasteiger partial charge on any atom is 0.323 e. The fraction of sp³-hybridized carbons (Fsp3) is 0.462. The molecular formula is C13H20N6OS. The minimum absolute atomic E-state index is 0.0223. The molecule has 0 saturated carbocycles. The van der Waals surface area contributed by atoms with Gasteiger partial charge in [-0.05, 0) is 32.2 Å². The van der Waals surface area contributed by atoms with Gasteiger partial charge in [0.25, 0.3) is 0 Å². The average molecular weight is 308 g/mol. The van der Waals surface area contributed by atoms with E-state index in [1.54, 1.807) is 11.3 Å².